The van der Waals surface area contributed by atoms with Gasteiger partial charge in [0.05, 0.1) is 0 Å². The van der Waals surface area contributed by atoms with Gasteiger partial charge in [0.2, 0.25) is 5.16 Å². The number of rotatable bonds is 7. The average Bonchev–Trinajstić information content (AvgIpc) is 2.93. The Morgan fingerprint density at radius 2 is 2.33 bits per heavy atom. The molecule has 0 aromatic carbocycles. The summed E-state index contributed by atoms with van der Waals surface area (Å²) in [6.07, 6.45) is 2.99. The Morgan fingerprint density at radius 3 is 3.00 bits per heavy atom. The fourth-order valence-electron chi connectivity index (χ4n) is 1.23. The molecule has 2 rings (SSSR count). The maximum absolute atomic E-state index is 5.57. The van der Waals surface area contributed by atoms with Gasteiger partial charge in [-0.25, -0.2) is 9.67 Å². The van der Waals surface area contributed by atoms with Crippen LogP contribution in [0.5, 0.6) is 0 Å². The second-order valence-electron chi connectivity index (χ2n) is 3.50. The van der Waals surface area contributed by atoms with Gasteiger partial charge in [0, 0.05) is 29.6 Å². The molecule has 0 spiro atoms. The fourth-order valence-corrected chi connectivity index (χ4v) is 3.94. The second kappa shape index (κ2) is 6.95. The van der Waals surface area contributed by atoms with Gasteiger partial charge in [-0.05, 0) is 22.6 Å². The molecule has 2 aromatic heterocycles. The molecule has 2 heterocycles. The first-order valence-electron chi connectivity index (χ1n) is 5.39. The minimum Gasteiger partial charge on any atom is -0.375 e. The molecule has 0 saturated carbocycles. The summed E-state index contributed by atoms with van der Waals surface area (Å²) in [6.45, 7) is 0. The van der Waals surface area contributed by atoms with Gasteiger partial charge in [-0.15, -0.1) is 16.4 Å². The zero-order chi connectivity index (χ0) is 12.8. The molecule has 0 fully saturated rings. The van der Waals surface area contributed by atoms with Crippen LogP contribution in [0.25, 0.3) is 0 Å². The molecule has 18 heavy (non-hydrogen) atoms. The minimum absolute atomic E-state index is 0.649. The maximum Gasteiger partial charge on any atom is 0.209 e. The molecule has 0 bridgehead atoms. The molecule has 9 heteroatoms. The van der Waals surface area contributed by atoms with Crippen LogP contribution in [-0.2, 0) is 12.8 Å². The Bertz CT molecular complexity index is 482. The third-order valence-electron chi connectivity index (χ3n) is 2.06. The van der Waals surface area contributed by atoms with Gasteiger partial charge in [-0.1, -0.05) is 11.8 Å². The lowest BCUT2D eigenvalue weighted by Gasteiger charge is -1.99. The van der Waals surface area contributed by atoms with Crippen LogP contribution in [0.1, 0.15) is 11.3 Å². The molecule has 0 unspecified atom stereocenters. The van der Waals surface area contributed by atoms with E-state index in [2.05, 4.69) is 20.5 Å². The van der Waals surface area contributed by atoms with Gasteiger partial charge in [0.15, 0.2) is 5.13 Å². The maximum atomic E-state index is 5.57. The lowest BCUT2D eigenvalue weighted by atomic mass is 10.6. The summed E-state index contributed by atoms with van der Waals surface area (Å²) in [5.41, 5.74) is 5.57. The Kier molecular flexibility index (Phi) is 5.26. The van der Waals surface area contributed by atoms with Gasteiger partial charge in [-0.2, -0.15) is 11.8 Å². The van der Waals surface area contributed by atoms with Crippen LogP contribution in [0, 0.1) is 0 Å². The second-order valence-corrected chi connectivity index (χ2v) is 6.82. The number of aryl methyl sites for hydroxylation is 1. The monoisotopic (exact) mass is 302 g/mol. The van der Waals surface area contributed by atoms with Crippen molar-refractivity contribution in [2.45, 2.75) is 17.3 Å². The van der Waals surface area contributed by atoms with Crippen molar-refractivity contribution in [3.63, 3.8) is 0 Å². The van der Waals surface area contributed by atoms with Crippen LogP contribution in [0.15, 0.2) is 11.4 Å². The van der Waals surface area contributed by atoms with Crippen LogP contribution < -0.4 is 5.73 Å². The van der Waals surface area contributed by atoms with Gasteiger partial charge < -0.3 is 5.73 Å². The molecule has 0 atom stereocenters. The predicted molar refractivity (Wildman–Crippen MR) is 76.8 cm³/mol. The SMILES string of the molecule is Cn1nnnc1SCCCSCc1cnc(N)s1. The summed E-state index contributed by atoms with van der Waals surface area (Å²) in [7, 11) is 1.85. The molecule has 6 nitrogen and oxygen atoms in total. The first kappa shape index (κ1) is 13.6. The average molecular weight is 302 g/mol. The number of aromatic nitrogens is 5. The highest BCUT2D eigenvalue weighted by molar-refractivity contribution is 7.99. The number of nitrogen functional groups attached to an aromatic ring is 1. The number of tetrazole rings is 1. The molecule has 0 saturated heterocycles. The number of hydrogen-bond donors (Lipinski definition) is 1. The quantitative estimate of drug-likeness (QED) is 0.615. The van der Waals surface area contributed by atoms with E-state index < -0.39 is 0 Å². The highest BCUT2D eigenvalue weighted by Crippen LogP contribution is 2.21. The number of thiazole rings is 1. The summed E-state index contributed by atoms with van der Waals surface area (Å²) in [5.74, 6) is 3.15. The predicted octanol–water partition coefficient (Wildman–Crippen LogP) is 1.66. The highest BCUT2D eigenvalue weighted by Gasteiger charge is 2.02. The molecule has 2 aromatic rings. The first-order valence-corrected chi connectivity index (χ1v) is 8.34. The van der Waals surface area contributed by atoms with Crippen molar-refractivity contribution >= 4 is 40.0 Å². The fraction of sp³-hybridized carbons (Fsp3) is 0.556. The molecule has 0 aliphatic heterocycles. The third kappa shape index (κ3) is 4.14. The van der Waals surface area contributed by atoms with Crippen LogP contribution in [0.2, 0.25) is 0 Å². The van der Waals surface area contributed by atoms with E-state index in [0.29, 0.717) is 5.13 Å². The number of anilines is 1. The summed E-state index contributed by atoms with van der Waals surface area (Å²) in [5, 5.41) is 12.8. The van der Waals surface area contributed by atoms with Crippen molar-refractivity contribution in [2.24, 2.45) is 7.05 Å². The highest BCUT2D eigenvalue weighted by atomic mass is 32.2. The largest absolute Gasteiger partial charge is 0.375 e. The van der Waals surface area contributed by atoms with Gasteiger partial charge in [0.1, 0.15) is 0 Å². The smallest absolute Gasteiger partial charge is 0.209 e. The zero-order valence-corrected chi connectivity index (χ0v) is 12.4. The summed E-state index contributed by atoms with van der Waals surface area (Å²) < 4.78 is 1.69. The van der Waals surface area contributed by atoms with Crippen LogP contribution in [0.4, 0.5) is 5.13 Å². The Labute approximate surface area is 118 Å². The topological polar surface area (TPSA) is 82.5 Å². The van der Waals surface area contributed by atoms with Crippen LogP contribution >= 0.6 is 34.9 Å². The molecule has 2 N–H and O–H groups in total. The van der Waals surface area contributed by atoms with E-state index in [0.717, 1.165) is 28.8 Å². The van der Waals surface area contributed by atoms with Crippen molar-refractivity contribution in [2.75, 3.05) is 17.2 Å². The molecule has 98 valence electrons. The van der Waals surface area contributed by atoms with Crippen molar-refractivity contribution in [3.8, 4) is 0 Å². The minimum atomic E-state index is 0.649. The van der Waals surface area contributed by atoms with Crippen LogP contribution in [-0.4, -0.2) is 36.7 Å². The number of hydrogen-bond acceptors (Lipinski definition) is 8. The van der Waals surface area contributed by atoms with E-state index in [4.69, 9.17) is 5.73 Å². The van der Waals surface area contributed by atoms with E-state index in [1.807, 2.05) is 25.0 Å². The van der Waals surface area contributed by atoms with E-state index >= 15 is 0 Å². The molecule has 0 amide bonds. The molecular weight excluding hydrogens is 288 g/mol. The van der Waals surface area contributed by atoms with Crippen molar-refractivity contribution in [1.82, 2.24) is 25.2 Å². The summed E-state index contributed by atoms with van der Waals surface area (Å²) in [6, 6.07) is 0. The van der Waals surface area contributed by atoms with Crippen molar-refractivity contribution in [1.29, 1.82) is 0 Å². The number of thioether (sulfide) groups is 2. The lowest BCUT2D eigenvalue weighted by Crippen LogP contribution is -1.94. The summed E-state index contributed by atoms with van der Waals surface area (Å²) >= 11 is 5.15. The van der Waals surface area contributed by atoms with Gasteiger partial charge >= 0.3 is 0 Å². The molecule has 0 radical (unpaired) electrons. The van der Waals surface area contributed by atoms with Gasteiger partial charge in [-0.3, -0.25) is 0 Å². The van der Waals surface area contributed by atoms with Gasteiger partial charge in [0.25, 0.3) is 0 Å². The van der Waals surface area contributed by atoms with E-state index in [1.54, 1.807) is 27.8 Å². The Balaban J connectivity index is 1.55. The van der Waals surface area contributed by atoms with Crippen molar-refractivity contribution in [3.05, 3.63) is 11.1 Å². The first-order chi connectivity index (χ1) is 8.75. The Morgan fingerprint density at radius 1 is 1.44 bits per heavy atom. The normalized spacial score (nSPS) is 10.9. The van der Waals surface area contributed by atoms with E-state index in [9.17, 15) is 0 Å². The molecular formula is C9H14N6S3. The Hall–Kier alpha value is -0.800. The van der Waals surface area contributed by atoms with E-state index in [-0.39, 0.29) is 0 Å². The van der Waals surface area contributed by atoms with Crippen LogP contribution in [0.3, 0.4) is 0 Å². The number of nitrogens with two attached hydrogens (primary N) is 1. The summed E-state index contributed by atoms with van der Waals surface area (Å²) in [4.78, 5) is 5.27. The molecule has 0 aliphatic carbocycles. The molecule has 0 aliphatic rings. The zero-order valence-electron chi connectivity index (χ0n) is 9.94. The van der Waals surface area contributed by atoms with E-state index in [1.165, 1.54) is 4.88 Å². The number of nitrogens with zero attached hydrogens (tertiary/aromatic N) is 5. The van der Waals surface area contributed by atoms with Crippen molar-refractivity contribution < 1.29 is 0 Å². The lowest BCUT2D eigenvalue weighted by molar-refractivity contribution is 0.664. The third-order valence-corrected chi connectivity index (χ3v) is 5.26. The standard InChI is InChI=1S/C9H14N6S3/c1-15-9(12-13-14-15)17-4-2-3-16-6-7-5-11-8(10)18-7/h5H,2-4,6H2,1H3,(H2,10,11).